The second-order valence-electron chi connectivity index (χ2n) is 10.0. The molecule has 2 atom stereocenters. The maximum Gasteiger partial charge on any atom is 0.271 e. The van der Waals surface area contributed by atoms with Crippen LogP contribution in [0.4, 0.5) is 15.8 Å². The third-order valence-electron chi connectivity index (χ3n) is 6.89. The summed E-state index contributed by atoms with van der Waals surface area (Å²) in [5.41, 5.74) is 0.180. The van der Waals surface area contributed by atoms with Gasteiger partial charge in [0.05, 0.1) is 18.3 Å². The highest BCUT2D eigenvalue weighted by molar-refractivity contribution is 7.92. The van der Waals surface area contributed by atoms with Gasteiger partial charge in [0.2, 0.25) is 21.8 Å². The molecule has 3 aromatic carbocycles. The molecule has 0 aliphatic carbocycles. The van der Waals surface area contributed by atoms with Crippen LogP contribution in [0.3, 0.4) is 0 Å². The molecule has 0 bridgehead atoms. The van der Waals surface area contributed by atoms with Crippen LogP contribution < -0.4 is 14.4 Å². The Balaban J connectivity index is 2.14. The highest BCUT2D eigenvalue weighted by atomic mass is 32.2. The van der Waals surface area contributed by atoms with E-state index in [9.17, 15) is 32.5 Å². The second-order valence-corrected chi connectivity index (χ2v) is 11.9. The molecule has 0 heterocycles. The smallest absolute Gasteiger partial charge is 0.271 e. The van der Waals surface area contributed by atoms with Gasteiger partial charge in [-0.1, -0.05) is 55.5 Å². The first-order chi connectivity index (χ1) is 20.3. The molecule has 0 fully saturated rings. The predicted molar refractivity (Wildman–Crippen MR) is 161 cm³/mol. The van der Waals surface area contributed by atoms with Crippen LogP contribution in [0.15, 0.2) is 72.8 Å². The van der Waals surface area contributed by atoms with E-state index in [2.05, 4.69) is 5.32 Å². The fraction of sp³-hybridized carbons (Fsp3) is 0.333. The van der Waals surface area contributed by atoms with Crippen molar-refractivity contribution in [3.8, 4) is 5.75 Å². The van der Waals surface area contributed by atoms with Gasteiger partial charge >= 0.3 is 0 Å². The molecular weight excluding hydrogens is 579 g/mol. The molecule has 11 nitrogen and oxygen atoms in total. The van der Waals surface area contributed by atoms with Crippen LogP contribution >= 0.6 is 0 Å². The van der Waals surface area contributed by atoms with Crippen LogP contribution in [0.1, 0.15) is 31.4 Å². The van der Waals surface area contributed by atoms with E-state index in [1.165, 1.54) is 31.4 Å². The quantitative estimate of drug-likeness (QED) is 0.213. The van der Waals surface area contributed by atoms with Gasteiger partial charge in [0, 0.05) is 36.7 Å². The van der Waals surface area contributed by atoms with Gasteiger partial charge in [-0.05, 0) is 31.0 Å². The van der Waals surface area contributed by atoms with Gasteiger partial charge in [-0.2, -0.15) is 0 Å². The van der Waals surface area contributed by atoms with E-state index in [4.69, 9.17) is 4.74 Å². The van der Waals surface area contributed by atoms with E-state index >= 15 is 0 Å². The summed E-state index contributed by atoms with van der Waals surface area (Å²) in [6.07, 6.45) is 1.51. The topological polar surface area (TPSA) is 139 Å². The Hall–Kier alpha value is -4.52. The average Bonchev–Trinajstić information content (AvgIpc) is 2.97. The molecule has 0 saturated carbocycles. The average molecular weight is 615 g/mol. The summed E-state index contributed by atoms with van der Waals surface area (Å²) in [5.74, 6) is -1.97. The summed E-state index contributed by atoms with van der Waals surface area (Å²) >= 11 is 0. The highest BCUT2D eigenvalue weighted by Crippen LogP contribution is 2.34. The Morgan fingerprint density at radius 1 is 1.07 bits per heavy atom. The minimum atomic E-state index is -4.22. The maximum atomic E-state index is 14.9. The number of sulfonamides is 1. The molecule has 0 aromatic heterocycles. The van der Waals surface area contributed by atoms with Gasteiger partial charge in [0.15, 0.2) is 0 Å². The van der Waals surface area contributed by atoms with Crippen molar-refractivity contribution in [2.45, 2.75) is 45.3 Å². The van der Waals surface area contributed by atoms with Crippen molar-refractivity contribution >= 4 is 33.2 Å². The number of benzene rings is 3. The highest BCUT2D eigenvalue weighted by Gasteiger charge is 2.35. The van der Waals surface area contributed by atoms with Crippen molar-refractivity contribution in [2.24, 2.45) is 0 Å². The number of methoxy groups -OCH3 is 1. The number of nitro groups is 1. The minimum Gasteiger partial charge on any atom is -0.495 e. The molecule has 0 radical (unpaired) electrons. The lowest BCUT2D eigenvalue weighted by molar-refractivity contribution is -0.384. The molecule has 3 aromatic rings. The fourth-order valence-electron chi connectivity index (χ4n) is 4.39. The van der Waals surface area contributed by atoms with Crippen LogP contribution in [0.25, 0.3) is 0 Å². The Morgan fingerprint density at radius 3 is 2.30 bits per heavy atom. The molecular formula is C30H35FN4O7S. The molecule has 230 valence electrons. The summed E-state index contributed by atoms with van der Waals surface area (Å²) in [6, 6.07) is 16.7. The number of carbonyl (C=O) groups is 2. The van der Waals surface area contributed by atoms with Gasteiger partial charge in [0.1, 0.15) is 29.8 Å². The first kappa shape index (κ1) is 33.0. The van der Waals surface area contributed by atoms with Crippen molar-refractivity contribution in [1.29, 1.82) is 0 Å². The Morgan fingerprint density at radius 2 is 1.72 bits per heavy atom. The second kappa shape index (κ2) is 14.6. The molecule has 43 heavy (non-hydrogen) atoms. The number of nitro benzene ring substituents is 1. The third kappa shape index (κ3) is 8.74. The minimum absolute atomic E-state index is 0.0279. The van der Waals surface area contributed by atoms with Crippen molar-refractivity contribution in [3.05, 3.63) is 99.9 Å². The molecule has 0 saturated heterocycles. The molecule has 3 rings (SSSR count). The van der Waals surface area contributed by atoms with Crippen LogP contribution in [-0.2, 0) is 32.6 Å². The van der Waals surface area contributed by atoms with Crippen molar-refractivity contribution < 1.29 is 32.1 Å². The lowest BCUT2D eigenvalue weighted by atomic mass is 10.0. The number of hydrogen-bond acceptors (Lipinski definition) is 7. The number of nitrogens with zero attached hydrogens (tertiary/aromatic N) is 3. The SMILES string of the molecule is CC[C@H](C)NC(=O)[C@H](Cc1ccccc1)N(Cc1ccccc1F)C(=O)CN(c1cc([N+](=O)[O-])ccc1OC)S(C)(=O)=O. The molecule has 0 spiro atoms. The van der Waals surface area contributed by atoms with Crippen LogP contribution in [0, 0.1) is 15.9 Å². The largest absolute Gasteiger partial charge is 0.495 e. The zero-order valence-electron chi connectivity index (χ0n) is 24.4. The zero-order chi connectivity index (χ0) is 31.7. The molecule has 0 aliphatic rings. The van der Waals surface area contributed by atoms with Crippen molar-refractivity contribution in [2.75, 3.05) is 24.2 Å². The number of nitrogens with one attached hydrogen (secondary N) is 1. The zero-order valence-corrected chi connectivity index (χ0v) is 25.2. The summed E-state index contributed by atoms with van der Waals surface area (Å²) in [5, 5.41) is 14.4. The first-order valence-electron chi connectivity index (χ1n) is 13.5. The number of amides is 2. The Kier molecular flexibility index (Phi) is 11.2. The molecule has 13 heteroatoms. The van der Waals surface area contributed by atoms with Gasteiger partial charge < -0.3 is 15.0 Å². The molecule has 0 unspecified atom stereocenters. The maximum absolute atomic E-state index is 14.9. The number of halogens is 1. The lowest BCUT2D eigenvalue weighted by Crippen LogP contribution is -2.54. The number of ether oxygens (including phenoxy) is 1. The third-order valence-corrected chi connectivity index (χ3v) is 8.02. The number of rotatable bonds is 14. The fourth-order valence-corrected chi connectivity index (χ4v) is 5.23. The molecule has 1 N–H and O–H groups in total. The number of anilines is 1. The summed E-state index contributed by atoms with van der Waals surface area (Å²) in [6.45, 7) is 2.50. The van der Waals surface area contributed by atoms with E-state index in [0.29, 0.717) is 10.7 Å². The number of non-ortho nitro benzene ring substituents is 1. The van der Waals surface area contributed by atoms with E-state index in [-0.39, 0.29) is 36.0 Å². The van der Waals surface area contributed by atoms with E-state index in [1.807, 2.05) is 6.92 Å². The summed E-state index contributed by atoms with van der Waals surface area (Å²) < 4.78 is 46.9. The van der Waals surface area contributed by atoms with E-state index in [1.54, 1.807) is 43.3 Å². The van der Waals surface area contributed by atoms with Gasteiger partial charge in [-0.25, -0.2) is 12.8 Å². The van der Waals surface area contributed by atoms with Crippen molar-refractivity contribution in [1.82, 2.24) is 10.2 Å². The van der Waals surface area contributed by atoms with Crippen LogP contribution in [0.5, 0.6) is 5.75 Å². The Labute approximate surface area is 250 Å². The lowest BCUT2D eigenvalue weighted by Gasteiger charge is -2.34. The molecule has 2 amide bonds. The first-order valence-corrected chi connectivity index (χ1v) is 15.4. The van der Waals surface area contributed by atoms with Crippen LogP contribution in [-0.4, -0.2) is 62.0 Å². The Bertz CT molecular complexity index is 1550. The van der Waals surface area contributed by atoms with E-state index < -0.39 is 50.9 Å². The normalized spacial score (nSPS) is 12.6. The molecule has 0 aliphatic heterocycles. The van der Waals surface area contributed by atoms with Gasteiger partial charge in [-0.3, -0.25) is 24.0 Å². The standard InChI is InChI=1S/C30H35FN4O7S/c1-5-21(2)32-30(37)27(17-22-11-7-6-8-12-22)33(19-23-13-9-10-14-25(23)31)29(36)20-34(43(4,40)41)26-18-24(35(38)39)15-16-28(26)42-3/h6-16,18,21,27H,5,17,19-20H2,1-4H3,(H,32,37)/t21-,27-/m0/s1. The number of carbonyl (C=O) groups excluding carboxylic acids is 2. The van der Waals surface area contributed by atoms with E-state index in [0.717, 1.165) is 28.9 Å². The van der Waals surface area contributed by atoms with Crippen LogP contribution in [0.2, 0.25) is 0 Å². The monoisotopic (exact) mass is 614 g/mol. The van der Waals surface area contributed by atoms with Crippen molar-refractivity contribution in [3.63, 3.8) is 0 Å². The predicted octanol–water partition coefficient (Wildman–Crippen LogP) is 4.06. The number of hydrogen-bond donors (Lipinski definition) is 1. The summed E-state index contributed by atoms with van der Waals surface area (Å²) in [4.78, 5) is 39.8. The van der Waals surface area contributed by atoms with Gasteiger partial charge in [0.25, 0.3) is 5.69 Å². The summed E-state index contributed by atoms with van der Waals surface area (Å²) in [7, 11) is -2.97. The van der Waals surface area contributed by atoms with Gasteiger partial charge in [-0.15, -0.1) is 0 Å².